The van der Waals surface area contributed by atoms with Crippen LogP contribution in [0.2, 0.25) is 0 Å². The summed E-state index contributed by atoms with van der Waals surface area (Å²) in [5, 5.41) is 1.94. The highest BCUT2D eigenvalue weighted by Crippen LogP contribution is 2.17. The molecule has 0 amide bonds. The summed E-state index contributed by atoms with van der Waals surface area (Å²) in [6.07, 6.45) is 2.75. The molecule has 15 heavy (non-hydrogen) atoms. The van der Waals surface area contributed by atoms with Crippen LogP contribution < -0.4 is 5.84 Å². The number of piperidine rings is 1. The molecule has 0 aliphatic carbocycles. The Morgan fingerprint density at radius 2 is 1.60 bits per heavy atom. The third-order valence-corrected chi connectivity index (χ3v) is 3.76. The van der Waals surface area contributed by atoms with E-state index in [-0.39, 0.29) is 0 Å². The largest absolute Gasteiger partial charge is 0.306 e. The van der Waals surface area contributed by atoms with Crippen molar-refractivity contribution in [1.29, 1.82) is 0 Å². The first-order chi connectivity index (χ1) is 7.24. The molecule has 0 aromatic carbocycles. The van der Waals surface area contributed by atoms with E-state index in [4.69, 9.17) is 5.84 Å². The van der Waals surface area contributed by atoms with Gasteiger partial charge in [0.2, 0.25) is 0 Å². The molecule has 2 saturated heterocycles. The third-order valence-electron chi connectivity index (χ3n) is 3.76. The lowest BCUT2D eigenvalue weighted by atomic mass is 9.96. The summed E-state index contributed by atoms with van der Waals surface area (Å²) < 4.78 is 0. The number of hydrogen-bond donors (Lipinski definition) is 1. The van der Waals surface area contributed by atoms with Crippen molar-refractivity contribution in [2.45, 2.75) is 12.8 Å². The summed E-state index contributed by atoms with van der Waals surface area (Å²) in [6.45, 7) is 8.23. The van der Waals surface area contributed by atoms with Gasteiger partial charge in [-0.25, -0.2) is 5.01 Å². The molecule has 0 bridgehead atoms. The second kappa shape index (κ2) is 5.25. The number of rotatable bonds is 2. The van der Waals surface area contributed by atoms with Crippen LogP contribution in [0.5, 0.6) is 0 Å². The number of hydrogen-bond acceptors (Lipinski definition) is 4. The second-order valence-electron chi connectivity index (χ2n) is 5.08. The van der Waals surface area contributed by atoms with Crippen LogP contribution in [-0.2, 0) is 0 Å². The quantitative estimate of drug-likeness (QED) is 0.644. The monoisotopic (exact) mass is 212 g/mol. The van der Waals surface area contributed by atoms with Gasteiger partial charge in [0.05, 0.1) is 0 Å². The lowest BCUT2D eigenvalue weighted by Gasteiger charge is -2.36. The van der Waals surface area contributed by atoms with Crippen molar-refractivity contribution in [3.05, 3.63) is 0 Å². The van der Waals surface area contributed by atoms with Gasteiger partial charge in [-0.15, -0.1) is 0 Å². The molecule has 2 N–H and O–H groups in total. The van der Waals surface area contributed by atoms with Gasteiger partial charge in [0.25, 0.3) is 0 Å². The molecule has 0 aromatic heterocycles. The van der Waals surface area contributed by atoms with Gasteiger partial charge in [-0.05, 0) is 38.9 Å². The van der Waals surface area contributed by atoms with Gasteiger partial charge in [-0.3, -0.25) is 5.84 Å². The molecule has 0 unspecified atom stereocenters. The van der Waals surface area contributed by atoms with Crippen molar-refractivity contribution < 1.29 is 0 Å². The van der Waals surface area contributed by atoms with Gasteiger partial charge in [-0.2, -0.15) is 0 Å². The summed E-state index contributed by atoms with van der Waals surface area (Å²) >= 11 is 0. The zero-order valence-corrected chi connectivity index (χ0v) is 9.86. The highest BCUT2D eigenvalue weighted by Gasteiger charge is 2.21. The van der Waals surface area contributed by atoms with Crippen molar-refractivity contribution in [2.24, 2.45) is 11.8 Å². The minimum Gasteiger partial charge on any atom is -0.306 e. The normalized spacial score (nSPS) is 28.4. The van der Waals surface area contributed by atoms with E-state index in [0.29, 0.717) is 0 Å². The standard InChI is InChI=1S/C11H24N4/c1-13-4-2-11(3-5-13)10-14-6-8-15(12)9-7-14/h11H,2-10,12H2,1H3. The number of nitrogens with two attached hydrogens (primary N) is 1. The third kappa shape index (κ3) is 3.41. The van der Waals surface area contributed by atoms with Crippen LogP contribution in [-0.4, -0.2) is 67.7 Å². The molecule has 0 radical (unpaired) electrons. The molecule has 88 valence electrons. The minimum atomic E-state index is 0.922. The van der Waals surface area contributed by atoms with E-state index < -0.39 is 0 Å². The zero-order chi connectivity index (χ0) is 10.7. The van der Waals surface area contributed by atoms with Crippen molar-refractivity contribution in [3.8, 4) is 0 Å². The summed E-state index contributed by atoms with van der Waals surface area (Å²) in [5.41, 5.74) is 0. The maximum absolute atomic E-state index is 5.75. The molecule has 0 saturated carbocycles. The molecular formula is C11H24N4. The Kier molecular flexibility index (Phi) is 3.97. The molecular weight excluding hydrogens is 188 g/mol. The van der Waals surface area contributed by atoms with Gasteiger partial charge in [0.1, 0.15) is 0 Å². The summed E-state index contributed by atoms with van der Waals surface area (Å²) in [7, 11) is 2.23. The summed E-state index contributed by atoms with van der Waals surface area (Å²) in [6, 6.07) is 0. The maximum Gasteiger partial charge on any atom is 0.0257 e. The number of hydrazine groups is 1. The lowest BCUT2D eigenvalue weighted by Crippen LogP contribution is -2.51. The fraction of sp³-hybridized carbons (Fsp3) is 1.00. The van der Waals surface area contributed by atoms with Crippen LogP contribution in [0.15, 0.2) is 0 Å². The fourth-order valence-electron chi connectivity index (χ4n) is 2.56. The van der Waals surface area contributed by atoms with Gasteiger partial charge >= 0.3 is 0 Å². The maximum atomic E-state index is 5.75. The molecule has 0 atom stereocenters. The van der Waals surface area contributed by atoms with E-state index in [1.807, 2.05) is 5.01 Å². The summed E-state index contributed by atoms with van der Waals surface area (Å²) in [4.78, 5) is 5.02. The van der Waals surface area contributed by atoms with Gasteiger partial charge in [0.15, 0.2) is 0 Å². The SMILES string of the molecule is CN1CCC(CN2CCN(N)CC2)CC1. The van der Waals surface area contributed by atoms with Crippen LogP contribution >= 0.6 is 0 Å². The number of likely N-dealkylation sites (tertiary alicyclic amines) is 1. The zero-order valence-electron chi connectivity index (χ0n) is 9.86. The highest BCUT2D eigenvalue weighted by atomic mass is 15.4. The Balaban J connectivity index is 1.68. The Morgan fingerprint density at radius 3 is 2.20 bits per heavy atom. The Bertz CT molecular complexity index is 161. The second-order valence-corrected chi connectivity index (χ2v) is 5.08. The lowest BCUT2D eigenvalue weighted by molar-refractivity contribution is 0.100. The van der Waals surface area contributed by atoms with Crippen LogP contribution in [0.3, 0.4) is 0 Å². The van der Waals surface area contributed by atoms with Crippen LogP contribution in [0, 0.1) is 5.92 Å². The van der Waals surface area contributed by atoms with Gasteiger partial charge in [-0.1, -0.05) is 0 Å². The van der Waals surface area contributed by atoms with E-state index in [2.05, 4.69) is 16.8 Å². The topological polar surface area (TPSA) is 35.7 Å². The molecule has 2 rings (SSSR count). The smallest absolute Gasteiger partial charge is 0.0257 e. The van der Waals surface area contributed by atoms with E-state index >= 15 is 0 Å². The van der Waals surface area contributed by atoms with E-state index in [1.54, 1.807) is 0 Å². The van der Waals surface area contributed by atoms with Crippen molar-refractivity contribution in [2.75, 3.05) is 52.9 Å². The molecule has 0 spiro atoms. The molecule has 2 fully saturated rings. The highest BCUT2D eigenvalue weighted by molar-refractivity contribution is 4.76. The summed E-state index contributed by atoms with van der Waals surface area (Å²) in [5.74, 6) is 6.67. The van der Waals surface area contributed by atoms with E-state index in [9.17, 15) is 0 Å². The number of piperazine rings is 1. The first-order valence-electron chi connectivity index (χ1n) is 6.14. The molecule has 0 aromatic rings. The average Bonchev–Trinajstić information content (AvgIpc) is 2.25. The van der Waals surface area contributed by atoms with Crippen molar-refractivity contribution in [1.82, 2.24) is 14.8 Å². The predicted molar refractivity (Wildman–Crippen MR) is 62.4 cm³/mol. The molecule has 2 aliphatic rings. The molecule has 4 heteroatoms. The fourth-order valence-corrected chi connectivity index (χ4v) is 2.56. The molecule has 2 heterocycles. The number of nitrogens with zero attached hydrogens (tertiary/aromatic N) is 3. The first kappa shape index (κ1) is 11.3. The first-order valence-corrected chi connectivity index (χ1v) is 6.14. The Morgan fingerprint density at radius 1 is 1.00 bits per heavy atom. The van der Waals surface area contributed by atoms with Crippen LogP contribution in [0.25, 0.3) is 0 Å². The van der Waals surface area contributed by atoms with Gasteiger partial charge < -0.3 is 9.80 Å². The van der Waals surface area contributed by atoms with Crippen molar-refractivity contribution >= 4 is 0 Å². The minimum absolute atomic E-state index is 0.922. The van der Waals surface area contributed by atoms with Gasteiger partial charge in [0, 0.05) is 32.7 Å². The van der Waals surface area contributed by atoms with E-state index in [1.165, 1.54) is 32.5 Å². The van der Waals surface area contributed by atoms with Crippen LogP contribution in [0.4, 0.5) is 0 Å². The van der Waals surface area contributed by atoms with Crippen LogP contribution in [0.1, 0.15) is 12.8 Å². The average molecular weight is 212 g/mol. The van der Waals surface area contributed by atoms with Crippen molar-refractivity contribution in [3.63, 3.8) is 0 Å². The predicted octanol–water partition coefficient (Wildman–Crippen LogP) is -0.180. The Hall–Kier alpha value is -0.160. The Labute approximate surface area is 93.0 Å². The molecule has 2 aliphatic heterocycles. The molecule has 4 nitrogen and oxygen atoms in total. The van der Waals surface area contributed by atoms with E-state index in [0.717, 1.165) is 32.1 Å².